The fourth-order valence-electron chi connectivity index (χ4n) is 1.73. The van der Waals surface area contributed by atoms with Crippen LogP contribution in [0.3, 0.4) is 0 Å². The summed E-state index contributed by atoms with van der Waals surface area (Å²) >= 11 is 0. The molecule has 1 saturated carbocycles. The van der Waals surface area contributed by atoms with E-state index in [0.717, 1.165) is 17.7 Å². The molecule has 1 aromatic rings. The van der Waals surface area contributed by atoms with Crippen LogP contribution in [-0.2, 0) is 9.53 Å². The molecule has 0 unspecified atom stereocenters. The van der Waals surface area contributed by atoms with Crippen molar-refractivity contribution >= 4 is 5.97 Å². The maximum Gasteiger partial charge on any atom is 0.309 e. The lowest BCUT2D eigenvalue weighted by atomic mass is 10.2. The Morgan fingerprint density at radius 1 is 1.60 bits per heavy atom. The summed E-state index contributed by atoms with van der Waals surface area (Å²) in [6.07, 6.45) is 2.73. The number of rotatable bonds is 3. The van der Waals surface area contributed by atoms with Crippen LogP contribution < -0.4 is 0 Å². The van der Waals surface area contributed by atoms with E-state index in [1.54, 1.807) is 0 Å². The van der Waals surface area contributed by atoms with Crippen molar-refractivity contribution in [2.75, 3.05) is 6.61 Å². The average molecular weight is 205 g/mol. The van der Waals surface area contributed by atoms with E-state index in [1.807, 2.05) is 32.2 Å². The number of aryl methyl sites for hydroxylation is 1. The van der Waals surface area contributed by atoms with Gasteiger partial charge in [-0.2, -0.15) is 0 Å². The van der Waals surface area contributed by atoms with E-state index in [-0.39, 0.29) is 17.8 Å². The van der Waals surface area contributed by atoms with E-state index in [9.17, 15) is 4.79 Å². The van der Waals surface area contributed by atoms with Crippen molar-refractivity contribution in [3.05, 3.63) is 29.6 Å². The zero-order valence-corrected chi connectivity index (χ0v) is 9.06. The van der Waals surface area contributed by atoms with Crippen molar-refractivity contribution in [3.8, 4) is 0 Å². The van der Waals surface area contributed by atoms with Gasteiger partial charge in [-0.25, -0.2) is 0 Å². The molecule has 3 heteroatoms. The van der Waals surface area contributed by atoms with Gasteiger partial charge >= 0.3 is 5.97 Å². The summed E-state index contributed by atoms with van der Waals surface area (Å²) in [5.74, 6) is 0.245. The van der Waals surface area contributed by atoms with Gasteiger partial charge in [-0.3, -0.25) is 9.78 Å². The minimum Gasteiger partial charge on any atom is -0.466 e. The second kappa shape index (κ2) is 4.01. The van der Waals surface area contributed by atoms with Crippen molar-refractivity contribution in [2.24, 2.45) is 5.92 Å². The Morgan fingerprint density at radius 3 is 3.00 bits per heavy atom. The van der Waals surface area contributed by atoms with E-state index >= 15 is 0 Å². The molecule has 0 radical (unpaired) electrons. The van der Waals surface area contributed by atoms with Crippen LogP contribution in [0.15, 0.2) is 18.3 Å². The van der Waals surface area contributed by atoms with E-state index in [2.05, 4.69) is 4.98 Å². The lowest BCUT2D eigenvalue weighted by Crippen LogP contribution is -2.07. The Labute approximate surface area is 89.5 Å². The summed E-state index contributed by atoms with van der Waals surface area (Å²) in [6, 6.07) is 4.03. The molecule has 3 nitrogen and oxygen atoms in total. The topological polar surface area (TPSA) is 39.2 Å². The van der Waals surface area contributed by atoms with Gasteiger partial charge in [-0.1, -0.05) is 6.07 Å². The first-order valence-corrected chi connectivity index (χ1v) is 5.31. The Morgan fingerprint density at radius 2 is 2.40 bits per heavy atom. The fourth-order valence-corrected chi connectivity index (χ4v) is 1.73. The minimum absolute atomic E-state index is 0.0418. The van der Waals surface area contributed by atoms with Gasteiger partial charge in [0.1, 0.15) is 0 Å². The molecule has 0 aromatic carbocycles. The zero-order chi connectivity index (χ0) is 10.8. The van der Waals surface area contributed by atoms with Crippen molar-refractivity contribution < 1.29 is 9.53 Å². The predicted molar refractivity (Wildman–Crippen MR) is 56.5 cm³/mol. The van der Waals surface area contributed by atoms with Crippen LogP contribution in [0.5, 0.6) is 0 Å². The number of aromatic nitrogens is 1. The molecule has 1 heterocycles. The molecule has 0 amide bonds. The van der Waals surface area contributed by atoms with Gasteiger partial charge in [-0.15, -0.1) is 0 Å². The number of carbonyl (C=O) groups excluding carboxylic acids is 1. The number of nitrogens with zero attached hydrogens (tertiary/aromatic N) is 1. The number of carbonyl (C=O) groups is 1. The summed E-state index contributed by atoms with van der Waals surface area (Å²) in [5, 5.41) is 0. The molecule has 0 saturated heterocycles. The Kier molecular flexibility index (Phi) is 2.71. The largest absolute Gasteiger partial charge is 0.466 e. The molecule has 0 N–H and O–H groups in total. The summed E-state index contributed by atoms with van der Waals surface area (Å²) in [4.78, 5) is 15.7. The lowest BCUT2D eigenvalue weighted by molar-refractivity contribution is -0.144. The van der Waals surface area contributed by atoms with Crippen LogP contribution >= 0.6 is 0 Å². The van der Waals surface area contributed by atoms with Gasteiger partial charge < -0.3 is 4.74 Å². The fraction of sp³-hybridized carbons (Fsp3) is 0.500. The molecule has 2 atom stereocenters. The highest BCUT2D eigenvalue weighted by atomic mass is 16.5. The number of ether oxygens (including phenoxy) is 1. The Hall–Kier alpha value is -1.38. The summed E-state index contributed by atoms with van der Waals surface area (Å²) in [5.41, 5.74) is 2.16. The first-order valence-electron chi connectivity index (χ1n) is 5.31. The first-order chi connectivity index (χ1) is 7.22. The van der Waals surface area contributed by atoms with Crippen LogP contribution in [-0.4, -0.2) is 17.6 Å². The van der Waals surface area contributed by atoms with Gasteiger partial charge in [0.05, 0.1) is 12.5 Å². The molecule has 80 valence electrons. The van der Waals surface area contributed by atoms with Crippen LogP contribution in [0.2, 0.25) is 0 Å². The average Bonchev–Trinajstić information content (AvgIpc) is 2.99. The highest BCUT2D eigenvalue weighted by Crippen LogP contribution is 2.47. The van der Waals surface area contributed by atoms with E-state index in [1.165, 1.54) is 0 Å². The molecule has 2 rings (SSSR count). The summed E-state index contributed by atoms with van der Waals surface area (Å²) < 4.78 is 4.97. The van der Waals surface area contributed by atoms with Crippen molar-refractivity contribution in [1.29, 1.82) is 0 Å². The molecule has 0 aliphatic heterocycles. The number of esters is 1. The molecule has 0 spiro atoms. The van der Waals surface area contributed by atoms with Gasteiger partial charge in [0.15, 0.2) is 0 Å². The third kappa shape index (κ3) is 2.17. The molecular formula is C12H15NO2. The monoisotopic (exact) mass is 205 g/mol. The zero-order valence-electron chi connectivity index (χ0n) is 9.06. The molecule has 1 aromatic heterocycles. The second-order valence-corrected chi connectivity index (χ2v) is 3.96. The van der Waals surface area contributed by atoms with Crippen LogP contribution in [0, 0.1) is 12.8 Å². The third-order valence-corrected chi connectivity index (χ3v) is 2.69. The first kappa shape index (κ1) is 10.1. The molecule has 1 aliphatic rings. The van der Waals surface area contributed by atoms with E-state index in [4.69, 9.17) is 4.74 Å². The quantitative estimate of drug-likeness (QED) is 0.709. The molecular weight excluding hydrogens is 190 g/mol. The van der Waals surface area contributed by atoms with Crippen LogP contribution in [0.4, 0.5) is 0 Å². The number of hydrogen-bond acceptors (Lipinski definition) is 3. The summed E-state index contributed by atoms with van der Waals surface area (Å²) in [6.45, 7) is 4.30. The molecule has 15 heavy (non-hydrogen) atoms. The Balaban J connectivity index is 1.98. The van der Waals surface area contributed by atoms with Crippen molar-refractivity contribution in [2.45, 2.75) is 26.2 Å². The third-order valence-electron chi connectivity index (χ3n) is 2.69. The highest BCUT2D eigenvalue weighted by Gasteiger charge is 2.45. The van der Waals surface area contributed by atoms with Gasteiger partial charge in [0, 0.05) is 17.8 Å². The predicted octanol–water partition coefficient (Wildman–Crippen LogP) is 2.06. The number of pyridine rings is 1. The molecule has 0 bridgehead atoms. The number of hydrogen-bond donors (Lipinski definition) is 0. The SMILES string of the molecule is CCOC(=O)[C@H]1C[C@H]1c1ccc(C)cn1. The molecule has 1 aliphatic carbocycles. The maximum absolute atomic E-state index is 11.4. The maximum atomic E-state index is 11.4. The second-order valence-electron chi connectivity index (χ2n) is 3.96. The molecule has 1 fully saturated rings. The van der Waals surface area contributed by atoms with Crippen molar-refractivity contribution in [1.82, 2.24) is 4.98 Å². The normalized spacial score (nSPS) is 23.6. The van der Waals surface area contributed by atoms with Crippen molar-refractivity contribution in [3.63, 3.8) is 0 Å². The van der Waals surface area contributed by atoms with Gasteiger partial charge in [0.2, 0.25) is 0 Å². The van der Waals surface area contributed by atoms with Crippen LogP contribution in [0.25, 0.3) is 0 Å². The van der Waals surface area contributed by atoms with Gasteiger partial charge in [-0.05, 0) is 31.9 Å². The van der Waals surface area contributed by atoms with E-state index < -0.39 is 0 Å². The highest BCUT2D eigenvalue weighted by molar-refractivity contribution is 5.77. The van der Waals surface area contributed by atoms with E-state index in [0.29, 0.717) is 6.61 Å². The summed E-state index contributed by atoms with van der Waals surface area (Å²) in [7, 11) is 0. The van der Waals surface area contributed by atoms with Crippen LogP contribution in [0.1, 0.15) is 30.5 Å². The minimum atomic E-state index is -0.0788. The standard InChI is InChI=1S/C12H15NO2/c1-3-15-12(14)10-6-9(10)11-5-4-8(2)7-13-11/h4-5,7,9-10H,3,6H2,1-2H3/t9-,10+/m1/s1. The smallest absolute Gasteiger partial charge is 0.309 e. The van der Waals surface area contributed by atoms with Gasteiger partial charge in [0.25, 0.3) is 0 Å². The lowest BCUT2D eigenvalue weighted by Gasteiger charge is -2.01. The Bertz CT molecular complexity index is 358.